The van der Waals surface area contributed by atoms with Crippen molar-refractivity contribution in [3.8, 4) is 0 Å². The van der Waals surface area contributed by atoms with Gasteiger partial charge in [-0.2, -0.15) is 0 Å². The van der Waals surface area contributed by atoms with Crippen LogP contribution in [0, 0.1) is 11.8 Å². The van der Waals surface area contributed by atoms with E-state index in [1.54, 1.807) is 0 Å². The Kier molecular flexibility index (Phi) is 7.82. The van der Waals surface area contributed by atoms with Gasteiger partial charge in [0.15, 0.2) is 0 Å². The summed E-state index contributed by atoms with van der Waals surface area (Å²) in [7, 11) is 0. The van der Waals surface area contributed by atoms with Gasteiger partial charge in [0.25, 0.3) is 0 Å². The first-order valence-corrected chi connectivity index (χ1v) is 7.35. The molecule has 17 heavy (non-hydrogen) atoms. The molecule has 0 bridgehead atoms. The molecule has 3 nitrogen and oxygen atoms in total. The standard InChI is InChI=1S/C14H30N2O/c1-3-5-7-12(4-2)10-14(16-15)13-8-6-9-17-11-13/h12-14,16H,3-11,15H2,1-2H3. The fourth-order valence-corrected chi connectivity index (χ4v) is 2.82. The third-order valence-corrected chi connectivity index (χ3v) is 4.11. The van der Waals surface area contributed by atoms with E-state index >= 15 is 0 Å². The molecule has 0 aromatic rings. The van der Waals surface area contributed by atoms with E-state index in [4.69, 9.17) is 10.6 Å². The Morgan fingerprint density at radius 3 is 2.76 bits per heavy atom. The molecule has 0 aliphatic carbocycles. The first-order valence-electron chi connectivity index (χ1n) is 7.35. The van der Waals surface area contributed by atoms with E-state index in [1.807, 2.05) is 0 Å². The Hall–Kier alpha value is -0.120. The maximum Gasteiger partial charge on any atom is 0.0509 e. The molecule has 1 aliphatic heterocycles. The molecular weight excluding hydrogens is 212 g/mol. The van der Waals surface area contributed by atoms with E-state index in [2.05, 4.69) is 19.3 Å². The van der Waals surface area contributed by atoms with Gasteiger partial charge in [0.1, 0.15) is 0 Å². The second kappa shape index (κ2) is 8.90. The lowest BCUT2D eigenvalue weighted by Crippen LogP contribution is -2.45. The van der Waals surface area contributed by atoms with E-state index in [9.17, 15) is 0 Å². The van der Waals surface area contributed by atoms with Crippen molar-refractivity contribution < 1.29 is 4.74 Å². The van der Waals surface area contributed by atoms with E-state index in [0.29, 0.717) is 12.0 Å². The molecule has 0 radical (unpaired) electrons. The van der Waals surface area contributed by atoms with Crippen LogP contribution in [0.5, 0.6) is 0 Å². The normalized spacial score (nSPS) is 24.5. The Balaban J connectivity index is 2.36. The van der Waals surface area contributed by atoms with Crippen LogP contribution < -0.4 is 11.3 Å². The summed E-state index contributed by atoms with van der Waals surface area (Å²) in [6.45, 7) is 6.38. The molecule has 0 aromatic heterocycles. The van der Waals surface area contributed by atoms with Crippen LogP contribution in [0.25, 0.3) is 0 Å². The van der Waals surface area contributed by atoms with Crippen molar-refractivity contribution >= 4 is 0 Å². The van der Waals surface area contributed by atoms with Gasteiger partial charge >= 0.3 is 0 Å². The summed E-state index contributed by atoms with van der Waals surface area (Å²) in [6.07, 6.45) is 8.92. The van der Waals surface area contributed by atoms with Crippen molar-refractivity contribution in [3.05, 3.63) is 0 Å². The van der Waals surface area contributed by atoms with E-state index in [-0.39, 0.29) is 0 Å². The van der Waals surface area contributed by atoms with E-state index in [0.717, 1.165) is 19.1 Å². The zero-order chi connectivity index (χ0) is 12.5. The summed E-state index contributed by atoms with van der Waals surface area (Å²) in [5, 5.41) is 0. The summed E-state index contributed by atoms with van der Waals surface area (Å²) < 4.78 is 5.57. The summed E-state index contributed by atoms with van der Waals surface area (Å²) in [4.78, 5) is 0. The number of nitrogens with two attached hydrogens (primary N) is 1. The molecule has 3 heteroatoms. The molecule has 3 N–H and O–H groups in total. The van der Waals surface area contributed by atoms with Crippen molar-refractivity contribution in [1.29, 1.82) is 0 Å². The molecule has 0 aromatic carbocycles. The summed E-state index contributed by atoms with van der Waals surface area (Å²) in [5.41, 5.74) is 3.03. The van der Waals surface area contributed by atoms with Crippen LogP contribution in [-0.4, -0.2) is 19.3 Å². The Morgan fingerprint density at radius 1 is 1.41 bits per heavy atom. The van der Waals surface area contributed by atoms with Gasteiger partial charge in [-0.25, -0.2) is 0 Å². The number of hydrogen-bond acceptors (Lipinski definition) is 3. The van der Waals surface area contributed by atoms with Gasteiger partial charge in [0.05, 0.1) is 6.61 Å². The van der Waals surface area contributed by atoms with Crippen LogP contribution in [0.4, 0.5) is 0 Å². The molecule has 3 unspecified atom stereocenters. The lowest BCUT2D eigenvalue weighted by Gasteiger charge is -2.32. The van der Waals surface area contributed by atoms with Gasteiger partial charge in [0, 0.05) is 12.6 Å². The third-order valence-electron chi connectivity index (χ3n) is 4.11. The summed E-state index contributed by atoms with van der Waals surface area (Å²) in [5.74, 6) is 7.16. The minimum absolute atomic E-state index is 0.442. The molecule has 1 aliphatic rings. The van der Waals surface area contributed by atoms with Crippen molar-refractivity contribution in [1.82, 2.24) is 5.43 Å². The Morgan fingerprint density at radius 2 is 2.24 bits per heavy atom. The molecule has 1 rings (SSSR count). The highest BCUT2D eigenvalue weighted by Crippen LogP contribution is 2.25. The molecule has 0 saturated carbocycles. The SMILES string of the molecule is CCCCC(CC)CC(NN)C1CCCOC1. The molecular formula is C14H30N2O. The molecule has 0 spiro atoms. The van der Waals surface area contributed by atoms with Gasteiger partial charge < -0.3 is 4.74 Å². The van der Waals surface area contributed by atoms with E-state index < -0.39 is 0 Å². The largest absolute Gasteiger partial charge is 0.381 e. The second-order valence-electron chi connectivity index (χ2n) is 5.40. The van der Waals surface area contributed by atoms with Crippen molar-refractivity contribution in [2.75, 3.05) is 13.2 Å². The van der Waals surface area contributed by atoms with Gasteiger partial charge in [0.2, 0.25) is 0 Å². The molecule has 1 heterocycles. The minimum atomic E-state index is 0.442. The van der Waals surface area contributed by atoms with Gasteiger partial charge in [-0.05, 0) is 31.1 Å². The zero-order valence-corrected chi connectivity index (χ0v) is 11.6. The van der Waals surface area contributed by atoms with Crippen molar-refractivity contribution in [3.63, 3.8) is 0 Å². The zero-order valence-electron chi connectivity index (χ0n) is 11.6. The smallest absolute Gasteiger partial charge is 0.0509 e. The van der Waals surface area contributed by atoms with Crippen molar-refractivity contribution in [2.24, 2.45) is 17.7 Å². The van der Waals surface area contributed by atoms with Crippen LogP contribution in [0.15, 0.2) is 0 Å². The van der Waals surface area contributed by atoms with Crippen LogP contribution in [-0.2, 0) is 4.74 Å². The predicted molar refractivity (Wildman–Crippen MR) is 72.6 cm³/mol. The number of rotatable bonds is 8. The van der Waals surface area contributed by atoms with Crippen LogP contribution >= 0.6 is 0 Å². The monoisotopic (exact) mass is 242 g/mol. The molecule has 0 amide bonds. The second-order valence-corrected chi connectivity index (χ2v) is 5.40. The number of hydrazine groups is 1. The van der Waals surface area contributed by atoms with Crippen LogP contribution in [0.1, 0.15) is 58.8 Å². The summed E-state index contributed by atoms with van der Waals surface area (Å²) >= 11 is 0. The molecule has 1 saturated heterocycles. The predicted octanol–water partition coefficient (Wildman–Crippen LogP) is 2.85. The Bertz CT molecular complexity index is 181. The maximum absolute atomic E-state index is 5.73. The van der Waals surface area contributed by atoms with Crippen molar-refractivity contribution in [2.45, 2.75) is 64.8 Å². The first kappa shape index (κ1) is 14.9. The number of hydrogen-bond donors (Lipinski definition) is 2. The number of unbranched alkanes of at least 4 members (excludes halogenated alkanes) is 1. The molecule has 102 valence electrons. The van der Waals surface area contributed by atoms with Crippen LogP contribution in [0.2, 0.25) is 0 Å². The molecule has 1 fully saturated rings. The number of ether oxygens (including phenoxy) is 1. The average Bonchev–Trinajstić information content (AvgIpc) is 2.40. The third kappa shape index (κ3) is 5.36. The molecule has 3 atom stereocenters. The fraction of sp³-hybridized carbons (Fsp3) is 1.00. The average molecular weight is 242 g/mol. The Labute approximate surface area is 106 Å². The fourth-order valence-electron chi connectivity index (χ4n) is 2.82. The minimum Gasteiger partial charge on any atom is -0.381 e. The van der Waals surface area contributed by atoms with Gasteiger partial charge in [-0.1, -0.05) is 39.5 Å². The van der Waals surface area contributed by atoms with Gasteiger partial charge in [-0.15, -0.1) is 0 Å². The lowest BCUT2D eigenvalue weighted by atomic mass is 9.84. The highest BCUT2D eigenvalue weighted by Gasteiger charge is 2.25. The lowest BCUT2D eigenvalue weighted by molar-refractivity contribution is 0.0347. The number of nitrogens with one attached hydrogen (secondary N) is 1. The van der Waals surface area contributed by atoms with E-state index in [1.165, 1.54) is 44.9 Å². The highest BCUT2D eigenvalue weighted by molar-refractivity contribution is 4.79. The summed E-state index contributed by atoms with van der Waals surface area (Å²) in [6, 6.07) is 0.442. The van der Waals surface area contributed by atoms with Gasteiger partial charge in [-0.3, -0.25) is 11.3 Å². The maximum atomic E-state index is 5.73. The topological polar surface area (TPSA) is 47.3 Å². The van der Waals surface area contributed by atoms with Crippen LogP contribution in [0.3, 0.4) is 0 Å². The first-order chi connectivity index (χ1) is 8.31. The highest BCUT2D eigenvalue weighted by atomic mass is 16.5. The quantitative estimate of drug-likeness (QED) is 0.508.